The van der Waals surface area contributed by atoms with Crippen LogP contribution < -0.4 is 10.1 Å². The maximum Gasteiger partial charge on any atom is 0.404 e. The first-order valence-corrected chi connectivity index (χ1v) is 17.4. The molecular formula is C33H48N4O8S. The van der Waals surface area contributed by atoms with Crippen molar-refractivity contribution in [1.29, 1.82) is 0 Å². The van der Waals surface area contributed by atoms with Crippen LogP contribution in [0.2, 0.25) is 0 Å². The van der Waals surface area contributed by atoms with Crippen molar-refractivity contribution in [3.63, 3.8) is 0 Å². The van der Waals surface area contributed by atoms with Crippen molar-refractivity contribution in [2.45, 2.75) is 82.0 Å². The summed E-state index contributed by atoms with van der Waals surface area (Å²) in [5, 5.41) is 21.1. The Morgan fingerprint density at radius 3 is 2.37 bits per heavy atom. The highest BCUT2D eigenvalue weighted by Gasteiger charge is 2.45. The molecule has 2 aliphatic rings. The number of hydrogen-bond acceptors (Lipinski definition) is 7. The van der Waals surface area contributed by atoms with Gasteiger partial charge in [-0.2, -0.15) is 17.0 Å². The zero-order valence-electron chi connectivity index (χ0n) is 27.0. The summed E-state index contributed by atoms with van der Waals surface area (Å²) in [5.74, 6) is 1.18. The third kappa shape index (κ3) is 9.34. The molecule has 2 amide bonds. The molecule has 254 valence electrons. The van der Waals surface area contributed by atoms with Gasteiger partial charge < -0.3 is 29.9 Å². The van der Waals surface area contributed by atoms with E-state index >= 15 is 0 Å². The van der Waals surface area contributed by atoms with E-state index in [2.05, 4.69) is 5.32 Å². The van der Waals surface area contributed by atoms with Crippen LogP contribution in [0.3, 0.4) is 0 Å². The second-order valence-corrected chi connectivity index (χ2v) is 14.4. The minimum Gasteiger partial charge on any atom is -0.508 e. The summed E-state index contributed by atoms with van der Waals surface area (Å²) in [6.45, 7) is 1.00. The lowest BCUT2D eigenvalue weighted by Crippen LogP contribution is -2.53. The maximum atomic E-state index is 13.8. The second kappa shape index (κ2) is 16.4. The van der Waals surface area contributed by atoms with Crippen molar-refractivity contribution < 1.29 is 37.7 Å². The summed E-state index contributed by atoms with van der Waals surface area (Å²) in [5.41, 5.74) is 1.92. The number of nitrogens with one attached hydrogen (secondary N) is 1. The fourth-order valence-corrected chi connectivity index (χ4v) is 7.81. The number of carbonyl (C=O) groups is 2. The molecule has 0 radical (unpaired) electrons. The smallest absolute Gasteiger partial charge is 0.404 e. The number of phenolic OH excluding ortho intramolecular Hbond substituents is 1. The predicted molar refractivity (Wildman–Crippen MR) is 174 cm³/mol. The van der Waals surface area contributed by atoms with Crippen molar-refractivity contribution in [3.8, 4) is 11.5 Å². The van der Waals surface area contributed by atoms with Crippen molar-refractivity contribution in [2.75, 3.05) is 40.9 Å². The van der Waals surface area contributed by atoms with Gasteiger partial charge in [-0.3, -0.25) is 4.79 Å². The Hall–Kier alpha value is -3.39. The Balaban J connectivity index is 1.50. The molecule has 0 spiro atoms. The first kappa shape index (κ1) is 35.5. The van der Waals surface area contributed by atoms with Crippen LogP contribution in [0.1, 0.15) is 68.4 Å². The van der Waals surface area contributed by atoms with Gasteiger partial charge in [0.25, 0.3) is 10.2 Å². The zero-order valence-corrected chi connectivity index (χ0v) is 27.8. The van der Waals surface area contributed by atoms with E-state index in [4.69, 9.17) is 14.6 Å². The van der Waals surface area contributed by atoms with Gasteiger partial charge in [0.05, 0.1) is 31.9 Å². The summed E-state index contributed by atoms with van der Waals surface area (Å²) in [6, 6.07) is 13.7. The van der Waals surface area contributed by atoms with Crippen LogP contribution in [0.5, 0.6) is 11.5 Å². The number of phenols is 1. The van der Waals surface area contributed by atoms with E-state index in [1.807, 2.05) is 30.3 Å². The van der Waals surface area contributed by atoms with Gasteiger partial charge in [-0.25, -0.2) is 4.79 Å². The number of aromatic hydroxyl groups is 1. The minimum atomic E-state index is -3.88. The van der Waals surface area contributed by atoms with Crippen LogP contribution in [0.15, 0.2) is 48.5 Å². The van der Waals surface area contributed by atoms with Crippen molar-refractivity contribution in [2.24, 2.45) is 0 Å². The van der Waals surface area contributed by atoms with Crippen molar-refractivity contribution in [3.05, 3.63) is 59.7 Å². The Morgan fingerprint density at radius 2 is 1.74 bits per heavy atom. The average Bonchev–Trinajstić information content (AvgIpc) is 3.46. The number of hydrogen-bond donors (Lipinski definition) is 3. The minimum absolute atomic E-state index is 0.0191. The molecule has 2 atom stereocenters. The molecule has 3 N–H and O–H groups in total. The third-order valence-electron chi connectivity index (χ3n) is 9.07. The van der Waals surface area contributed by atoms with Crippen molar-refractivity contribution in [1.82, 2.24) is 18.8 Å². The molecule has 2 aromatic rings. The Kier molecular flexibility index (Phi) is 12.7. The van der Waals surface area contributed by atoms with Crippen LogP contribution in [0.4, 0.5) is 4.79 Å². The molecule has 0 aromatic heterocycles. The number of carboxylic acid groups (broad SMARTS) is 1. The topological polar surface area (TPSA) is 149 Å². The standard InChI is InChI=1S/C33H48N4O8S/c1-35(2)46(42,43)37(22-24-10-14-28(44-3)15-11-24)30-18-20-36(32(39)9-4-5-19-34-33(40)41)31(30)23-45-29-16-12-25(13-17-29)26-7-6-8-27(38)21-26/h6-8,10-11,14-15,21,25,29-31,34,38H,4-5,9,12-13,16-20,22-23H2,1-3H3,(H,40,41)/t25?,29?,30-,31-/m0/s1. The highest BCUT2D eigenvalue weighted by Crippen LogP contribution is 2.36. The van der Waals surface area contributed by atoms with Crippen LogP contribution >= 0.6 is 0 Å². The lowest BCUT2D eigenvalue weighted by atomic mass is 9.82. The number of rotatable bonds is 15. The number of methoxy groups -OCH3 is 1. The van der Waals surface area contributed by atoms with Crippen LogP contribution in [0, 0.1) is 0 Å². The molecule has 0 unspecified atom stereocenters. The van der Waals surface area contributed by atoms with Gasteiger partial charge in [0.1, 0.15) is 11.5 Å². The number of nitrogens with zero attached hydrogens (tertiary/aromatic N) is 3. The maximum absolute atomic E-state index is 13.8. The van der Waals surface area contributed by atoms with Gasteiger partial charge in [0, 0.05) is 40.2 Å². The molecule has 0 bridgehead atoms. The fourth-order valence-electron chi connectivity index (χ4n) is 6.49. The molecule has 46 heavy (non-hydrogen) atoms. The summed E-state index contributed by atoms with van der Waals surface area (Å²) in [4.78, 5) is 26.1. The largest absolute Gasteiger partial charge is 0.508 e. The van der Waals surface area contributed by atoms with Crippen LogP contribution in [-0.2, 0) is 26.3 Å². The van der Waals surface area contributed by atoms with Crippen LogP contribution in [-0.4, -0.2) is 103 Å². The zero-order chi connectivity index (χ0) is 33.3. The average molecular weight is 661 g/mol. The van der Waals surface area contributed by atoms with E-state index in [1.165, 1.54) is 22.7 Å². The molecule has 1 aliphatic heterocycles. The number of carbonyl (C=O) groups excluding carboxylic acids is 1. The van der Waals surface area contributed by atoms with E-state index in [0.29, 0.717) is 37.5 Å². The van der Waals surface area contributed by atoms with E-state index in [1.54, 1.807) is 30.2 Å². The van der Waals surface area contributed by atoms with Gasteiger partial charge in [-0.05, 0) is 86.3 Å². The first-order chi connectivity index (χ1) is 22.0. The lowest BCUT2D eigenvalue weighted by molar-refractivity contribution is -0.134. The molecule has 1 aliphatic carbocycles. The van der Waals surface area contributed by atoms with Gasteiger partial charge in [0.15, 0.2) is 0 Å². The molecular weight excluding hydrogens is 612 g/mol. The Morgan fingerprint density at radius 1 is 1.02 bits per heavy atom. The van der Waals surface area contributed by atoms with Gasteiger partial charge >= 0.3 is 6.09 Å². The summed E-state index contributed by atoms with van der Waals surface area (Å²) >= 11 is 0. The highest BCUT2D eigenvalue weighted by molar-refractivity contribution is 7.86. The summed E-state index contributed by atoms with van der Waals surface area (Å²) in [7, 11) is 0.719. The lowest BCUT2D eigenvalue weighted by Gasteiger charge is -2.37. The summed E-state index contributed by atoms with van der Waals surface area (Å²) in [6.07, 6.45) is 4.10. The number of amides is 2. The molecule has 13 heteroatoms. The van der Waals surface area contributed by atoms with E-state index in [9.17, 15) is 23.1 Å². The van der Waals surface area contributed by atoms with Gasteiger partial charge in [0.2, 0.25) is 5.91 Å². The summed E-state index contributed by atoms with van der Waals surface area (Å²) < 4.78 is 42.0. The van der Waals surface area contributed by atoms with E-state index in [0.717, 1.165) is 36.8 Å². The second-order valence-electron chi connectivity index (χ2n) is 12.3. The molecule has 1 heterocycles. The number of likely N-dealkylation sites (tertiary alicyclic amines) is 1. The quantitative estimate of drug-likeness (QED) is 0.241. The molecule has 1 saturated heterocycles. The van der Waals surface area contributed by atoms with E-state index < -0.39 is 28.4 Å². The molecule has 4 rings (SSSR count). The number of unbranched alkanes of at least 4 members (excludes halogenated alkanes) is 1. The van der Waals surface area contributed by atoms with Crippen LogP contribution in [0.25, 0.3) is 0 Å². The first-order valence-electron chi connectivity index (χ1n) is 16.0. The molecule has 12 nitrogen and oxygen atoms in total. The van der Waals surface area contributed by atoms with Crippen molar-refractivity contribution >= 4 is 22.2 Å². The third-order valence-corrected chi connectivity index (χ3v) is 11.0. The Labute approximate surface area is 272 Å². The molecule has 2 aromatic carbocycles. The molecule has 2 fully saturated rings. The normalized spacial score (nSPS) is 21.9. The fraction of sp³-hybridized carbons (Fsp3) is 0.576. The number of ether oxygens (including phenoxy) is 2. The van der Waals surface area contributed by atoms with E-state index in [-0.39, 0.29) is 43.9 Å². The Bertz CT molecular complexity index is 1400. The molecule has 1 saturated carbocycles. The number of benzene rings is 2. The van der Waals surface area contributed by atoms with Gasteiger partial charge in [-0.1, -0.05) is 24.3 Å². The SMILES string of the molecule is COc1ccc(CN([C@H]2CCN(C(=O)CCCCNC(=O)O)[C@H]2COC2CCC(c3cccc(O)c3)CC2)S(=O)(=O)N(C)C)cc1. The highest BCUT2D eigenvalue weighted by atomic mass is 32.2. The van der Waals surface area contributed by atoms with Gasteiger partial charge in [-0.15, -0.1) is 0 Å². The monoisotopic (exact) mass is 660 g/mol. The predicted octanol–water partition coefficient (Wildman–Crippen LogP) is 4.16.